The van der Waals surface area contributed by atoms with Crippen LogP contribution in [0.4, 0.5) is 4.39 Å². The van der Waals surface area contributed by atoms with Crippen LogP contribution < -0.4 is 0 Å². The molecule has 5 heteroatoms. The Balaban J connectivity index is 1.39. The zero-order valence-corrected chi connectivity index (χ0v) is 13.6. The van der Waals surface area contributed by atoms with Gasteiger partial charge in [-0.05, 0) is 36.2 Å². The molecular weight excluding hydrogens is 313 g/mol. The van der Waals surface area contributed by atoms with Crippen molar-refractivity contribution in [2.45, 2.75) is 31.6 Å². The number of halogens is 2. The van der Waals surface area contributed by atoms with E-state index in [0.717, 1.165) is 37.4 Å². The second-order valence-corrected chi connectivity index (χ2v) is 6.87. The number of hydrogen-bond acceptors (Lipinski definition) is 3. The fraction of sp³-hybridized carbons (Fsp3) is 0.389. The number of piperazine rings is 1. The van der Waals surface area contributed by atoms with Crippen molar-refractivity contribution in [1.29, 1.82) is 0 Å². The summed E-state index contributed by atoms with van der Waals surface area (Å²) in [6, 6.07) is 11.9. The lowest BCUT2D eigenvalue weighted by Crippen LogP contribution is -2.45. The molecule has 0 aliphatic carbocycles. The molecule has 3 nitrogen and oxygen atoms in total. The Bertz CT molecular complexity index is 694. The van der Waals surface area contributed by atoms with E-state index in [2.05, 4.69) is 20.9 Å². The van der Waals surface area contributed by atoms with Crippen LogP contribution in [0.5, 0.6) is 0 Å². The number of fused-ring (bicyclic) bond motifs is 2. The molecule has 2 aliphatic rings. The van der Waals surface area contributed by atoms with Gasteiger partial charge in [0, 0.05) is 49.5 Å². The van der Waals surface area contributed by atoms with E-state index in [4.69, 9.17) is 11.6 Å². The van der Waals surface area contributed by atoms with Gasteiger partial charge < -0.3 is 0 Å². The number of nitrogens with zero attached hydrogens (tertiary/aromatic N) is 3. The third-order valence-electron chi connectivity index (χ3n) is 4.95. The van der Waals surface area contributed by atoms with Gasteiger partial charge in [0.1, 0.15) is 5.82 Å². The lowest BCUT2D eigenvalue weighted by molar-refractivity contribution is 0.117. The maximum Gasteiger partial charge on any atom is 0.124 e. The molecule has 2 aromatic rings. The third kappa shape index (κ3) is 3.11. The average molecular weight is 332 g/mol. The quantitative estimate of drug-likeness (QED) is 0.856. The highest BCUT2D eigenvalue weighted by Crippen LogP contribution is 2.33. The van der Waals surface area contributed by atoms with Crippen molar-refractivity contribution in [2.24, 2.45) is 0 Å². The van der Waals surface area contributed by atoms with Crippen molar-refractivity contribution in [3.8, 4) is 0 Å². The van der Waals surface area contributed by atoms with Crippen molar-refractivity contribution in [3.63, 3.8) is 0 Å². The molecular formula is C18H19ClFN3. The van der Waals surface area contributed by atoms with Crippen LogP contribution in [-0.2, 0) is 13.1 Å². The molecule has 4 rings (SSSR count). The molecule has 120 valence electrons. The van der Waals surface area contributed by atoms with Crippen molar-refractivity contribution in [1.82, 2.24) is 14.8 Å². The topological polar surface area (TPSA) is 19.4 Å². The SMILES string of the molecule is Fc1ccc(CN2CC3CC2CN3Cc2ccccn2)c(Cl)c1. The first-order chi connectivity index (χ1) is 11.2. The van der Waals surface area contributed by atoms with Crippen LogP contribution in [0.15, 0.2) is 42.6 Å². The summed E-state index contributed by atoms with van der Waals surface area (Å²) in [5, 5.41) is 0.526. The van der Waals surface area contributed by atoms with E-state index in [9.17, 15) is 4.39 Å². The zero-order valence-electron chi connectivity index (χ0n) is 12.8. The van der Waals surface area contributed by atoms with E-state index in [-0.39, 0.29) is 5.82 Å². The van der Waals surface area contributed by atoms with Gasteiger partial charge >= 0.3 is 0 Å². The molecule has 0 N–H and O–H groups in total. The van der Waals surface area contributed by atoms with E-state index >= 15 is 0 Å². The number of aromatic nitrogens is 1. The highest BCUT2D eigenvalue weighted by Gasteiger charge is 2.42. The van der Waals surface area contributed by atoms with Crippen LogP contribution in [-0.4, -0.2) is 40.0 Å². The monoisotopic (exact) mass is 331 g/mol. The number of benzene rings is 1. The van der Waals surface area contributed by atoms with E-state index in [0.29, 0.717) is 17.1 Å². The highest BCUT2D eigenvalue weighted by molar-refractivity contribution is 6.31. The summed E-state index contributed by atoms with van der Waals surface area (Å²) in [4.78, 5) is 9.42. The highest BCUT2D eigenvalue weighted by atomic mass is 35.5. The molecule has 1 aromatic heterocycles. The molecule has 1 aromatic carbocycles. The van der Waals surface area contributed by atoms with Gasteiger partial charge in [-0.3, -0.25) is 14.8 Å². The standard InChI is InChI=1S/C18H19ClFN3/c19-18-7-14(20)5-4-13(18)9-22-11-17-8-16(22)12-23(17)10-15-3-1-2-6-21-15/h1-7,16-17H,8-12H2. The summed E-state index contributed by atoms with van der Waals surface area (Å²) in [7, 11) is 0. The van der Waals surface area contributed by atoms with Crippen LogP contribution in [0.3, 0.4) is 0 Å². The Labute approximate surface area is 140 Å². The van der Waals surface area contributed by atoms with Gasteiger partial charge in [0.2, 0.25) is 0 Å². The van der Waals surface area contributed by atoms with Gasteiger partial charge in [0.25, 0.3) is 0 Å². The van der Waals surface area contributed by atoms with E-state index in [1.165, 1.54) is 18.6 Å². The van der Waals surface area contributed by atoms with Crippen molar-refractivity contribution < 1.29 is 4.39 Å². The molecule has 2 bridgehead atoms. The van der Waals surface area contributed by atoms with Crippen LogP contribution in [0.25, 0.3) is 0 Å². The molecule has 0 amide bonds. The maximum absolute atomic E-state index is 13.2. The Morgan fingerprint density at radius 1 is 1.09 bits per heavy atom. The molecule has 0 saturated carbocycles. The predicted octanol–water partition coefficient (Wildman–Crippen LogP) is 3.33. The van der Waals surface area contributed by atoms with Crippen LogP contribution in [0.2, 0.25) is 5.02 Å². The molecule has 2 atom stereocenters. The van der Waals surface area contributed by atoms with Crippen molar-refractivity contribution in [2.75, 3.05) is 13.1 Å². The Hall–Kier alpha value is -1.49. The molecule has 2 unspecified atom stereocenters. The molecule has 0 spiro atoms. The largest absolute Gasteiger partial charge is 0.293 e. The van der Waals surface area contributed by atoms with Crippen LogP contribution in [0, 0.1) is 5.82 Å². The van der Waals surface area contributed by atoms with Gasteiger partial charge in [-0.25, -0.2) is 4.39 Å². The van der Waals surface area contributed by atoms with Gasteiger partial charge in [-0.15, -0.1) is 0 Å². The van der Waals surface area contributed by atoms with Crippen molar-refractivity contribution >= 4 is 11.6 Å². The van der Waals surface area contributed by atoms with Gasteiger partial charge in [-0.1, -0.05) is 23.7 Å². The molecule has 2 saturated heterocycles. The maximum atomic E-state index is 13.2. The first kappa shape index (κ1) is 15.1. The van der Waals surface area contributed by atoms with E-state index in [1.54, 1.807) is 6.07 Å². The number of hydrogen-bond donors (Lipinski definition) is 0. The lowest BCUT2D eigenvalue weighted by Gasteiger charge is -2.34. The Morgan fingerprint density at radius 3 is 2.52 bits per heavy atom. The fourth-order valence-corrected chi connectivity index (χ4v) is 4.01. The van der Waals surface area contributed by atoms with E-state index < -0.39 is 0 Å². The number of pyridine rings is 1. The molecule has 3 heterocycles. The van der Waals surface area contributed by atoms with Gasteiger partial charge in [0.05, 0.1) is 5.69 Å². The smallest absolute Gasteiger partial charge is 0.124 e. The second kappa shape index (κ2) is 6.19. The lowest BCUT2D eigenvalue weighted by atomic mass is 10.2. The molecule has 23 heavy (non-hydrogen) atoms. The zero-order chi connectivity index (χ0) is 15.8. The summed E-state index contributed by atoms with van der Waals surface area (Å²) in [6.07, 6.45) is 3.05. The number of rotatable bonds is 4. The number of likely N-dealkylation sites (tertiary alicyclic amines) is 2. The first-order valence-corrected chi connectivity index (χ1v) is 8.39. The molecule has 2 aliphatic heterocycles. The van der Waals surface area contributed by atoms with Crippen molar-refractivity contribution in [3.05, 3.63) is 64.7 Å². The summed E-state index contributed by atoms with van der Waals surface area (Å²) in [5.74, 6) is -0.275. The Morgan fingerprint density at radius 2 is 1.87 bits per heavy atom. The van der Waals surface area contributed by atoms with E-state index in [1.807, 2.05) is 18.3 Å². The first-order valence-electron chi connectivity index (χ1n) is 8.01. The van der Waals surface area contributed by atoms with Gasteiger partial charge in [-0.2, -0.15) is 0 Å². The molecule has 2 fully saturated rings. The summed E-state index contributed by atoms with van der Waals surface area (Å²) in [5.41, 5.74) is 2.14. The summed E-state index contributed by atoms with van der Waals surface area (Å²) in [6.45, 7) is 3.84. The van der Waals surface area contributed by atoms with Gasteiger partial charge in [0.15, 0.2) is 0 Å². The normalized spacial score (nSPS) is 24.4. The third-order valence-corrected chi connectivity index (χ3v) is 5.30. The fourth-order valence-electron chi connectivity index (χ4n) is 3.79. The minimum atomic E-state index is -0.275. The summed E-state index contributed by atoms with van der Waals surface area (Å²) < 4.78 is 13.2. The second-order valence-electron chi connectivity index (χ2n) is 6.46. The minimum Gasteiger partial charge on any atom is -0.293 e. The van der Waals surface area contributed by atoms with Crippen LogP contribution in [0.1, 0.15) is 17.7 Å². The minimum absolute atomic E-state index is 0.275. The Kier molecular flexibility index (Phi) is 4.05. The molecule has 0 radical (unpaired) electrons. The average Bonchev–Trinajstić information content (AvgIpc) is 3.11. The summed E-state index contributed by atoms with van der Waals surface area (Å²) >= 11 is 6.16. The predicted molar refractivity (Wildman–Crippen MR) is 88.7 cm³/mol. The van der Waals surface area contributed by atoms with Crippen LogP contribution >= 0.6 is 11.6 Å².